The Morgan fingerprint density at radius 3 is 2.65 bits per heavy atom. The normalized spacial score (nSPS) is 12.9. The highest BCUT2D eigenvalue weighted by Gasteiger charge is 2.29. The van der Waals surface area contributed by atoms with E-state index in [1.165, 1.54) is 19.1 Å². The quantitative estimate of drug-likeness (QED) is 0.615. The number of unbranched alkanes of at least 4 members (excludes halogenated alkanes) is 1. The molecule has 1 aromatic carbocycles. The number of rotatable bonds is 6. The molecule has 0 spiro atoms. The van der Waals surface area contributed by atoms with Gasteiger partial charge in [-0.2, -0.15) is 0 Å². The molecule has 1 amide bonds. The number of sulfone groups is 1. The molecule has 0 bridgehead atoms. The van der Waals surface area contributed by atoms with Crippen LogP contribution in [0.4, 0.5) is 10.1 Å². The molecule has 0 radical (unpaired) electrons. The van der Waals surface area contributed by atoms with E-state index in [0.29, 0.717) is 6.54 Å². The number of carbonyl (C=O) groups excluding carboxylic acids is 1. The molecule has 1 unspecified atom stereocenters. The predicted octanol–water partition coefficient (Wildman–Crippen LogP) is 1.49. The SMILES string of the molecule is CCCCNC(=O)C(C)S(=O)(=O)c1ccc(N)c(F)c1. The van der Waals surface area contributed by atoms with E-state index in [0.717, 1.165) is 18.9 Å². The molecule has 112 valence electrons. The zero-order valence-electron chi connectivity index (χ0n) is 11.5. The van der Waals surface area contributed by atoms with Crippen molar-refractivity contribution in [3.63, 3.8) is 0 Å². The largest absolute Gasteiger partial charge is 0.396 e. The fourth-order valence-electron chi connectivity index (χ4n) is 1.56. The van der Waals surface area contributed by atoms with E-state index in [9.17, 15) is 17.6 Å². The van der Waals surface area contributed by atoms with E-state index >= 15 is 0 Å². The van der Waals surface area contributed by atoms with Gasteiger partial charge in [0.2, 0.25) is 5.91 Å². The number of amides is 1. The molecule has 0 fully saturated rings. The Labute approximate surface area is 118 Å². The molecular weight excluding hydrogens is 283 g/mol. The maximum absolute atomic E-state index is 13.3. The second kappa shape index (κ2) is 6.69. The molecule has 1 rings (SSSR count). The van der Waals surface area contributed by atoms with Crippen LogP contribution >= 0.6 is 0 Å². The Morgan fingerprint density at radius 1 is 1.45 bits per heavy atom. The molecule has 0 aromatic heterocycles. The van der Waals surface area contributed by atoms with Crippen LogP contribution in [0.2, 0.25) is 0 Å². The number of nitrogen functional groups attached to an aromatic ring is 1. The summed E-state index contributed by atoms with van der Waals surface area (Å²) >= 11 is 0. The molecule has 3 N–H and O–H groups in total. The molecule has 20 heavy (non-hydrogen) atoms. The molecule has 5 nitrogen and oxygen atoms in total. The molecule has 0 aliphatic carbocycles. The van der Waals surface area contributed by atoms with Crippen molar-refractivity contribution >= 4 is 21.4 Å². The van der Waals surface area contributed by atoms with Crippen LogP contribution in [-0.4, -0.2) is 26.1 Å². The van der Waals surface area contributed by atoms with Gasteiger partial charge in [0.25, 0.3) is 0 Å². The fraction of sp³-hybridized carbons (Fsp3) is 0.462. The minimum atomic E-state index is -3.92. The first kappa shape index (κ1) is 16.4. The smallest absolute Gasteiger partial charge is 0.238 e. The number of benzene rings is 1. The van der Waals surface area contributed by atoms with E-state index in [2.05, 4.69) is 5.32 Å². The molecule has 0 aliphatic rings. The number of halogens is 1. The van der Waals surface area contributed by atoms with E-state index in [1.54, 1.807) is 0 Å². The number of nitrogens with one attached hydrogen (secondary N) is 1. The summed E-state index contributed by atoms with van der Waals surface area (Å²) in [4.78, 5) is 11.5. The Balaban J connectivity index is 2.91. The molecule has 7 heteroatoms. The Bertz CT molecular complexity index is 587. The minimum absolute atomic E-state index is 0.135. The molecule has 1 aromatic rings. The van der Waals surface area contributed by atoms with Gasteiger partial charge in [-0.1, -0.05) is 13.3 Å². The summed E-state index contributed by atoms with van der Waals surface area (Å²) in [6.07, 6.45) is 1.67. The van der Waals surface area contributed by atoms with Crippen molar-refractivity contribution in [2.24, 2.45) is 0 Å². The number of anilines is 1. The third-order valence-corrected chi connectivity index (χ3v) is 5.02. The van der Waals surface area contributed by atoms with Gasteiger partial charge in [-0.05, 0) is 31.5 Å². The maximum Gasteiger partial charge on any atom is 0.238 e. The van der Waals surface area contributed by atoms with Gasteiger partial charge >= 0.3 is 0 Å². The Morgan fingerprint density at radius 2 is 2.10 bits per heavy atom. The molecular formula is C13H19FN2O3S. The number of nitrogens with two attached hydrogens (primary N) is 1. The standard InChI is InChI=1S/C13H19FN2O3S/c1-3-4-7-16-13(17)9(2)20(18,19)10-5-6-12(15)11(14)8-10/h5-6,8-9H,3-4,7,15H2,1-2H3,(H,16,17). The third-order valence-electron chi connectivity index (χ3n) is 2.96. The van der Waals surface area contributed by atoms with E-state index in [1.807, 2.05) is 6.92 Å². The van der Waals surface area contributed by atoms with Crippen molar-refractivity contribution in [1.29, 1.82) is 0 Å². The second-order valence-electron chi connectivity index (χ2n) is 4.52. The summed E-state index contributed by atoms with van der Waals surface area (Å²) in [6.45, 7) is 3.67. The zero-order valence-corrected chi connectivity index (χ0v) is 12.3. The fourth-order valence-corrected chi connectivity index (χ4v) is 2.86. The summed E-state index contributed by atoms with van der Waals surface area (Å²) < 4.78 is 37.7. The monoisotopic (exact) mass is 302 g/mol. The highest BCUT2D eigenvalue weighted by Crippen LogP contribution is 2.20. The van der Waals surface area contributed by atoms with Crippen LogP contribution in [0.3, 0.4) is 0 Å². The summed E-state index contributed by atoms with van der Waals surface area (Å²) in [5, 5.41) is 1.27. The Hall–Kier alpha value is -1.63. The van der Waals surface area contributed by atoms with Crippen molar-refractivity contribution in [3.05, 3.63) is 24.0 Å². The maximum atomic E-state index is 13.3. The van der Waals surface area contributed by atoms with Gasteiger partial charge < -0.3 is 11.1 Å². The topological polar surface area (TPSA) is 89.3 Å². The van der Waals surface area contributed by atoms with Crippen molar-refractivity contribution in [2.45, 2.75) is 36.8 Å². The Kier molecular flexibility index (Phi) is 5.50. The summed E-state index contributed by atoms with van der Waals surface area (Å²) in [7, 11) is -3.92. The van der Waals surface area contributed by atoms with Gasteiger partial charge in [0, 0.05) is 6.54 Å². The van der Waals surface area contributed by atoms with Crippen molar-refractivity contribution in [2.75, 3.05) is 12.3 Å². The first-order chi connectivity index (χ1) is 9.30. The first-order valence-electron chi connectivity index (χ1n) is 6.37. The number of carbonyl (C=O) groups is 1. The summed E-state index contributed by atoms with van der Waals surface area (Å²) in [5.41, 5.74) is 5.16. The van der Waals surface area contributed by atoms with Gasteiger partial charge in [0.05, 0.1) is 10.6 Å². The minimum Gasteiger partial charge on any atom is -0.396 e. The van der Waals surface area contributed by atoms with Gasteiger partial charge in [0.15, 0.2) is 9.84 Å². The third kappa shape index (κ3) is 3.69. The highest BCUT2D eigenvalue weighted by atomic mass is 32.2. The van der Waals surface area contributed by atoms with Crippen molar-refractivity contribution in [3.8, 4) is 0 Å². The number of hydrogen-bond acceptors (Lipinski definition) is 4. The van der Waals surface area contributed by atoms with Crippen LogP contribution in [0.15, 0.2) is 23.1 Å². The number of hydrogen-bond donors (Lipinski definition) is 2. The van der Waals surface area contributed by atoms with Crippen LogP contribution in [0, 0.1) is 5.82 Å². The van der Waals surface area contributed by atoms with Crippen LogP contribution in [0.5, 0.6) is 0 Å². The van der Waals surface area contributed by atoms with Crippen LogP contribution in [0.25, 0.3) is 0 Å². The average Bonchev–Trinajstić information content (AvgIpc) is 2.40. The van der Waals surface area contributed by atoms with E-state index in [4.69, 9.17) is 5.73 Å². The van der Waals surface area contributed by atoms with Crippen LogP contribution in [-0.2, 0) is 14.6 Å². The summed E-state index contributed by atoms with van der Waals surface area (Å²) in [5.74, 6) is -1.40. The van der Waals surface area contributed by atoms with Crippen molar-refractivity contribution < 1.29 is 17.6 Å². The van der Waals surface area contributed by atoms with Crippen LogP contribution in [0.1, 0.15) is 26.7 Å². The molecule has 1 atom stereocenters. The van der Waals surface area contributed by atoms with Gasteiger partial charge in [0.1, 0.15) is 11.1 Å². The van der Waals surface area contributed by atoms with Gasteiger partial charge in [-0.25, -0.2) is 12.8 Å². The summed E-state index contributed by atoms with van der Waals surface area (Å²) in [6, 6.07) is 3.20. The van der Waals surface area contributed by atoms with Gasteiger partial charge in [-0.3, -0.25) is 4.79 Å². The lowest BCUT2D eigenvalue weighted by atomic mass is 10.3. The lowest BCUT2D eigenvalue weighted by Crippen LogP contribution is -2.38. The molecule has 0 saturated carbocycles. The average molecular weight is 302 g/mol. The molecule has 0 aliphatic heterocycles. The highest BCUT2D eigenvalue weighted by molar-refractivity contribution is 7.92. The first-order valence-corrected chi connectivity index (χ1v) is 7.92. The van der Waals surface area contributed by atoms with Crippen molar-refractivity contribution in [1.82, 2.24) is 5.32 Å². The molecule has 0 heterocycles. The van der Waals surface area contributed by atoms with E-state index in [-0.39, 0.29) is 10.6 Å². The lowest BCUT2D eigenvalue weighted by molar-refractivity contribution is -0.120. The lowest BCUT2D eigenvalue weighted by Gasteiger charge is -2.13. The predicted molar refractivity (Wildman–Crippen MR) is 75.4 cm³/mol. The second-order valence-corrected chi connectivity index (χ2v) is 6.78. The molecule has 0 saturated heterocycles. The van der Waals surface area contributed by atoms with Gasteiger partial charge in [-0.15, -0.1) is 0 Å². The zero-order chi connectivity index (χ0) is 15.3. The van der Waals surface area contributed by atoms with Crippen LogP contribution < -0.4 is 11.1 Å². The van der Waals surface area contributed by atoms with E-state index < -0.39 is 26.8 Å².